The van der Waals surface area contributed by atoms with Crippen LogP contribution in [0.4, 0.5) is 0 Å². The fourth-order valence-electron chi connectivity index (χ4n) is 2.40. The van der Waals surface area contributed by atoms with E-state index >= 15 is 0 Å². The van der Waals surface area contributed by atoms with E-state index in [9.17, 15) is 13.2 Å². The first-order valence-electron chi connectivity index (χ1n) is 7.24. The van der Waals surface area contributed by atoms with Gasteiger partial charge in [-0.25, -0.2) is 8.42 Å². The lowest BCUT2D eigenvalue weighted by molar-refractivity contribution is -0.141. The smallest absolute Gasteiger partial charge is 0.306 e. The lowest BCUT2D eigenvalue weighted by atomic mass is 10.0. The summed E-state index contributed by atoms with van der Waals surface area (Å²) in [5.41, 5.74) is 1.07. The van der Waals surface area contributed by atoms with Gasteiger partial charge in [0.2, 0.25) is 10.0 Å². The van der Waals surface area contributed by atoms with Crippen molar-refractivity contribution in [2.75, 3.05) is 19.7 Å². The summed E-state index contributed by atoms with van der Waals surface area (Å²) in [6.07, 6.45) is -0.797. The predicted octanol–water partition coefficient (Wildman–Crippen LogP) is 1.67. The zero-order chi connectivity index (χ0) is 16.3. The maximum Gasteiger partial charge on any atom is 0.306 e. The number of nitrogens with zero attached hydrogens (tertiary/aromatic N) is 1. The van der Waals surface area contributed by atoms with Crippen LogP contribution in [0.5, 0.6) is 0 Å². The molecule has 1 unspecified atom stereocenters. The highest BCUT2D eigenvalue weighted by Crippen LogP contribution is 2.22. The molecule has 122 valence electrons. The van der Waals surface area contributed by atoms with E-state index in [0.29, 0.717) is 5.92 Å². The minimum Gasteiger partial charge on any atom is -0.481 e. The lowest BCUT2D eigenvalue weighted by Gasteiger charge is -2.31. The van der Waals surface area contributed by atoms with E-state index in [1.54, 1.807) is 12.1 Å². The van der Waals surface area contributed by atoms with Gasteiger partial charge < -0.3 is 9.84 Å². The van der Waals surface area contributed by atoms with Gasteiger partial charge in [-0.3, -0.25) is 4.79 Å². The van der Waals surface area contributed by atoms with Crippen molar-refractivity contribution in [2.24, 2.45) is 0 Å². The molecule has 0 amide bonds. The molecule has 7 heteroatoms. The van der Waals surface area contributed by atoms with Gasteiger partial charge in [0.05, 0.1) is 24.0 Å². The van der Waals surface area contributed by atoms with E-state index < -0.39 is 22.1 Å². The monoisotopic (exact) mass is 327 g/mol. The molecule has 1 aliphatic heterocycles. The summed E-state index contributed by atoms with van der Waals surface area (Å²) in [6.45, 7) is 4.61. The highest BCUT2D eigenvalue weighted by molar-refractivity contribution is 7.89. The third-order valence-electron chi connectivity index (χ3n) is 3.69. The Bertz CT molecular complexity index is 624. The van der Waals surface area contributed by atoms with Gasteiger partial charge in [-0.1, -0.05) is 26.0 Å². The van der Waals surface area contributed by atoms with Gasteiger partial charge >= 0.3 is 5.97 Å². The largest absolute Gasteiger partial charge is 0.481 e. The van der Waals surface area contributed by atoms with Crippen molar-refractivity contribution in [3.63, 3.8) is 0 Å². The average Bonchev–Trinajstić information content (AvgIpc) is 2.47. The van der Waals surface area contributed by atoms with Crippen LogP contribution in [0.15, 0.2) is 29.2 Å². The van der Waals surface area contributed by atoms with E-state index in [2.05, 4.69) is 0 Å². The molecule has 0 spiro atoms. The Morgan fingerprint density at radius 3 is 2.55 bits per heavy atom. The maximum atomic E-state index is 12.6. The van der Waals surface area contributed by atoms with Crippen molar-refractivity contribution >= 4 is 16.0 Å². The molecule has 0 radical (unpaired) electrons. The SMILES string of the molecule is CC(C)c1ccc(S(=O)(=O)N2CCOC(CC(=O)O)C2)cc1. The van der Waals surface area contributed by atoms with E-state index in [-0.39, 0.29) is 31.0 Å². The number of carboxylic acid groups (broad SMARTS) is 1. The number of ether oxygens (including phenoxy) is 1. The normalized spacial score (nSPS) is 20.2. The van der Waals surface area contributed by atoms with Gasteiger partial charge in [0, 0.05) is 13.1 Å². The Hall–Kier alpha value is -1.44. The second-order valence-corrected chi connectivity index (χ2v) is 7.62. The van der Waals surface area contributed by atoms with Crippen LogP contribution in [-0.2, 0) is 19.6 Å². The minimum absolute atomic E-state index is 0.0700. The molecule has 1 aromatic carbocycles. The highest BCUT2D eigenvalue weighted by Gasteiger charge is 2.31. The summed E-state index contributed by atoms with van der Waals surface area (Å²) >= 11 is 0. The Morgan fingerprint density at radius 1 is 1.36 bits per heavy atom. The molecular weight excluding hydrogens is 306 g/mol. The molecule has 0 bridgehead atoms. The van der Waals surface area contributed by atoms with Crippen molar-refractivity contribution in [1.29, 1.82) is 0 Å². The Balaban J connectivity index is 2.16. The molecule has 0 aromatic heterocycles. The number of aliphatic carboxylic acids is 1. The summed E-state index contributed by atoms with van der Waals surface area (Å²) < 4.78 is 31.9. The van der Waals surface area contributed by atoms with Gasteiger partial charge in [0.15, 0.2) is 0 Å². The highest BCUT2D eigenvalue weighted by atomic mass is 32.2. The summed E-state index contributed by atoms with van der Waals surface area (Å²) in [5.74, 6) is -0.661. The zero-order valence-corrected chi connectivity index (χ0v) is 13.5. The number of rotatable bonds is 5. The summed E-state index contributed by atoms with van der Waals surface area (Å²) in [5, 5.41) is 8.81. The van der Waals surface area contributed by atoms with Crippen LogP contribution in [0.3, 0.4) is 0 Å². The number of morpholine rings is 1. The van der Waals surface area contributed by atoms with Crippen LogP contribution in [0.2, 0.25) is 0 Å². The molecule has 1 heterocycles. The van der Waals surface area contributed by atoms with Crippen LogP contribution in [0, 0.1) is 0 Å². The van der Waals surface area contributed by atoms with Crippen molar-refractivity contribution in [2.45, 2.75) is 37.2 Å². The van der Waals surface area contributed by atoms with E-state index in [1.165, 1.54) is 4.31 Å². The summed E-state index contributed by atoms with van der Waals surface area (Å²) in [4.78, 5) is 11.0. The quantitative estimate of drug-likeness (QED) is 0.889. The first-order valence-corrected chi connectivity index (χ1v) is 8.68. The Labute approximate surface area is 130 Å². The number of carbonyl (C=O) groups is 1. The number of hydrogen-bond acceptors (Lipinski definition) is 4. The van der Waals surface area contributed by atoms with Gasteiger partial charge in [-0.05, 0) is 23.6 Å². The molecule has 6 nitrogen and oxygen atoms in total. The number of sulfonamides is 1. The standard InChI is InChI=1S/C15H21NO5S/c1-11(2)12-3-5-14(6-4-12)22(19,20)16-7-8-21-13(10-16)9-15(17)18/h3-6,11,13H,7-10H2,1-2H3,(H,17,18). The molecule has 1 N–H and O–H groups in total. The average molecular weight is 327 g/mol. The Morgan fingerprint density at radius 2 is 2.00 bits per heavy atom. The molecule has 1 fully saturated rings. The van der Waals surface area contributed by atoms with Gasteiger partial charge in [-0.15, -0.1) is 0 Å². The van der Waals surface area contributed by atoms with Crippen molar-refractivity contribution in [1.82, 2.24) is 4.31 Å². The molecule has 1 saturated heterocycles. The predicted molar refractivity (Wildman–Crippen MR) is 81.3 cm³/mol. The van der Waals surface area contributed by atoms with Crippen molar-refractivity contribution in [3.8, 4) is 0 Å². The minimum atomic E-state index is -3.61. The van der Waals surface area contributed by atoms with E-state index in [0.717, 1.165) is 5.56 Å². The molecule has 1 aromatic rings. The molecule has 2 rings (SSSR count). The topological polar surface area (TPSA) is 83.9 Å². The second-order valence-electron chi connectivity index (χ2n) is 5.68. The first kappa shape index (κ1) is 16.9. The van der Waals surface area contributed by atoms with Gasteiger partial charge in [0.25, 0.3) is 0 Å². The number of benzene rings is 1. The lowest BCUT2D eigenvalue weighted by Crippen LogP contribution is -2.46. The van der Waals surface area contributed by atoms with Crippen LogP contribution >= 0.6 is 0 Å². The van der Waals surface area contributed by atoms with Crippen LogP contribution in [-0.4, -0.2) is 49.6 Å². The number of hydrogen-bond donors (Lipinski definition) is 1. The number of carboxylic acids is 1. The zero-order valence-electron chi connectivity index (χ0n) is 12.7. The molecular formula is C15H21NO5S. The van der Waals surface area contributed by atoms with Gasteiger partial charge in [-0.2, -0.15) is 4.31 Å². The van der Waals surface area contributed by atoms with Crippen molar-refractivity contribution in [3.05, 3.63) is 29.8 Å². The molecule has 0 aliphatic carbocycles. The van der Waals surface area contributed by atoms with Crippen LogP contribution < -0.4 is 0 Å². The molecule has 22 heavy (non-hydrogen) atoms. The molecule has 0 saturated carbocycles. The fraction of sp³-hybridized carbons (Fsp3) is 0.533. The third kappa shape index (κ3) is 3.85. The van der Waals surface area contributed by atoms with Crippen LogP contribution in [0.1, 0.15) is 31.7 Å². The third-order valence-corrected chi connectivity index (χ3v) is 5.57. The Kier molecular flexibility index (Phi) is 5.20. The summed E-state index contributed by atoms with van der Waals surface area (Å²) in [6, 6.07) is 6.83. The second kappa shape index (κ2) is 6.76. The maximum absolute atomic E-state index is 12.6. The first-order chi connectivity index (χ1) is 10.3. The van der Waals surface area contributed by atoms with Crippen molar-refractivity contribution < 1.29 is 23.1 Å². The van der Waals surface area contributed by atoms with E-state index in [4.69, 9.17) is 9.84 Å². The van der Waals surface area contributed by atoms with E-state index in [1.807, 2.05) is 26.0 Å². The van der Waals surface area contributed by atoms with Crippen LogP contribution in [0.25, 0.3) is 0 Å². The fourth-order valence-corrected chi connectivity index (χ4v) is 3.86. The molecule has 1 aliphatic rings. The van der Waals surface area contributed by atoms with Gasteiger partial charge in [0.1, 0.15) is 0 Å². The summed E-state index contributed by atoms with van der Waals surface area (Å²) in [7, 11) is -3.61. The molecule has 1 atom stereocenters.